The highest BCUT2D eigenvalue weighted by Crippen LogP contribution is 1.90. The minimum Gasteiger partial charge on any atom is -0.512 e. The first-order valence-electron chi connectivity index (χ1n) is 1.71. The molecule has 0 aliphatic rings. The molecule has 0 atom stereocenters. The molecule has 0 amide bonds. The van der Waals surface area contributed by atoms with Gasteiger partial charge in [0.25, 0.3) is 0 Å². The van der Waals surface area contributed by atoms with E-state index >= 15 is 0 Å². The van der Waals surface area contributed by atoms with Crippen molar-refractivity contribution in [3.8, 4) is 0 Å². The van der Waals surface area contributed by atoms with E-state index in [4.69, 9.17) is 5.11 Å². The summed E-state index contributed by atoms with van der Waals surface area (Å²) in [5, 5.41) is 9.04. The Morgan fingerprint density at radius 1 is 2.00 bits per heavy atom. The molecule has 0 aromatic heterocycles. The molecule has 0 aliphatic carbocycles. The fourth-order valence-electron chi connectivity index (χ4n) is 0.0772. The van der Waals surface area contributed by atoms with Crippen molar-refractivity contribution in [3.63, 3.8) is 0 Å². The van der Waals surface area contributed by atoms with E-state index in [2.05, 4.69) is 15.9 Å². The molecule has 0 aromatic rings. The third kappa shape index (κ3) is 2.27. The lowest BCUT2D eigenvalue weighted by Crippen LogP contribution is -1.75. The summed E-state index contributed by atoms with van der Waals surface area (Å²) in [5.74, 6) is 0.384. The van der Waals surface area contributed by atoms with Gasteiger partial charge in [-0.05, 0) is 13.0 Å². The van der Waals surface area contributed by atoms with Gasteiger partial charge in [-0.2, -0.15) is 0 Å². The van der Waals surface area contributed by atoms with Crippen LogP contribution in [0.4, 0.5) is 0 Å². The minimum absolute atomic E-state index is 0.384. The molecule has 36 valence electrons. The van der Waals surface area contributed by atoms with Crippen molar-refractivity contribution in [2.45, 2.75) is 6.92 Å². The second-order valence-electron chi connectivity index (χ2n) is 0.914. The zero-order valence-electron chi connectivity index (χ0n) is 3.61. The van der Waals surface area contributed by atoms with Gasteiger partial charge in [0.05, 0.1) is 11.1 Å². The summed E-state index contributed by atoms with van der Waals surface area (Å²) in [5.41, 5.74) is 0. The van der Waals surface area contributed by atoms with E-state index in [9.17, 15) is 0 Å². The van der Waals surface area contributed by atoms with E-state index in [1.165, 1.54) is 0 Å². The van der Waals surface area contributed by atoms with E-state index < -0.39 is 0 Å². The molecule has 2 heteroatoms. The lowest BCUT2D eigenvalue weighted by atomic mass is 10.5. The van der Waals surface area contributed by atoms with Crippen molar-refractivity contribution < 1.29 is 5.11 Å². The molecule has 0 fully saturated rings. The van der Waals surface area contributed by atoms with Crippen LogP contribution in [0.25, 0.3) is 0 Å². The maximum Gasteiger partial charge on any atom is 0.0985 e. The van der Waals surface area contributed by atoms with E-state index in [0.717, 1.165) is 0 Å². The van der Waals surface area contributed by atoms with Crippen molar-refractivity contribution in [1.29, 1.82) is 0 Å². The average Bonchev–Trinajstić information content (AvgIpc) is 1.65. The Labute approximate surface area is 45.8 Å². The number of rotatable bonds is 1. The highest BCUT2D eigenvalue weighted by atomic mass is 79.9. The first-order valence-corrected chi connectivity index (χ1v) is 2.83. The lowest BCUT2D eigenvalue weighted by Gasteiger charge is -1.83. The second kappa shape index (κ2) is 3.22. The van der Waals surface area contributed by atoms with Gasteiger partial charge in [-0.15, -0.1) is 0 Å². The Bertz CT molecular complexity index is 58.6. The zero-order valence-corrected chi connectivity index (χ0v) is 5.20. The number of halogens is 1. The molecule has 0 spiro atoms. The van der Waals surface area contributed by atoms with Gasteiger partial charge in [0.1, 0.15) is 0 Å². The number of hydrogen-bond donors (Lipinski definition) is 1. The number of aliphatic hydroxyl groups is 1. The Kier molecular flexibility index (Phi) is 3.23. The van der Waals surface area contributed by atoms with Crippen LogP contribution in [0.15, 0.2) is 11.8 Å². The molecule has 0 heterocycles. The Morgan fingerprint density at radius 2 is 2.50 bits per heavy atom. The van der Waals surface area contributed by atoms with Crippen molar-refractivity contribution >= 4 is 15.9 Å². The lowest BCUT2D eigenvalue weighted by molar-refractivity contribution is 0.417. The normalized spacial score (nSPS) is 12.0. The standard InChI is InChI=1S/C4H7BrO/c1-2-4(6)3-5/h2,6H,3H2,1H3. The van der Waals surface area contributed by atoms with Gasteiger partial charge in [0, 0.05) is 0 Å². The summed E-state index contributed by atoms with van der Waals surface area (Å²) in [7, 11) is 0. The maximum atomic E-state index is 8.48. The molecule has 1 N–H and O–H groups in total. The van der Waals surface area contributed by atoms with E-state index in [1.54, 1.807) is 13.0 Å². The highest BCUT2D eigenvalue weighted by molar-refractivity contribution is 9.09. The summed E-state index contributed by atoms with van der Waals surface area (Å²) in [4.78, 5) is 0. The summed E-state index contributed by atoms with van der Waals surface area (Å²) in [6.45, 7) is 1.79. The van der Waals surface area contributed by atoms with Gasteiger partial charge in [-0.25, -0.2) is 0 Å². The van der Waals surface area contributed by atoms with Crippen LogP contribution >= 0.6 is 15.9 Å². The molecular formula is C4H7BrO. The molecule has 0 aromatic carbocycles. The summed E-state index contributed by atoms with van der Waals surface area (Å²) >= 11 is 3.06. The minimum atomic E-state index is 0.384. The molecular weight excluding hydrogens is 144 g/mol. The van der Waals surface area contributed by atoms with Crippen LogP contribution in [-0.4, -0.2) is 10.4 Å². The van der Waals surface area contributed by atoms with Gasteiger partial charge < -0.3 is 5.11 Å². The quantitative estimate of drug-likeness (QED) is 0.447. The molecule has 0 aliphatic heterocycles. The summed E-state index contributed by atoms with van der Waals surface area (Å²) in [6.07, 6.45) is 1.65. The number of allylic oxidation sites excluding steroid dienone is 2. The monoisotopic (exact) mass is 150 g/mol. The summed E-state index contributed by atoms with van der Waals surface area (Å²) < 4.78 is 0. The van der Waals surface area contributed by atoms with Gasteiger partial charge in [-0.1, -0.05) is 15.9 Å². The van der Waals surface area contributed by atoms with Crippen molar-refractivity contribution in [3.05, 3.63) is 11.8 Å². The van der Waals surface area contributed by atoms with Gasteiger partial charge in [-0.3, -0.25) is 0 Å². The van der Waals surface area contributed by atoms with Crippen LogP contribution in [0.2, 0.25) is 0 Å². The molecule has 0 radical (unpaired) electrons. The molecule has 0 bridgehead atoms. The van der Waals surface area contributed by atoms with Crippen molar-refractivity contribution in [1.82, 2.24) is 0 Å². The first-order chi connectivity index (χ1) is 2.81. The van der Waals surface area contributed by atoms with Gasteiger partial charge >= 0.3 is 0 Å². The fraction of sp³-hybridized carbons (Fsp3) is 0.500. The molecule has 0 rings (SSSR count). The molecule has 0 saturated carbocycles. The first kappa shape index (κ1) is 6.02. The predicted molar refractivity (Wildman–Crippen MR) is 30.2 cm³/mol. The third-order valence-corrected chi connectivity index (χ3v) is 1.04. The van der Waals surface area contributed by atoms with Gasteiger partial charge in [0.15, 0.2) is 0 Å². The van der Waals surface area contributed by atoms with Crippen LogP contribution in [0.3, 0.4) is 0 Å². The van der Waals surface area contributed by atoms with E-state index in [-0.39, 0.29) is 0 Å². The van der Waals surface area contributed by atoms with Crippen LogP contribution in [0, 0.1) is 0 Å². The fourth-order valence-corrected chi connectivity index (χ4v) is 0.401. The zero-order chi connectivity index (χ0) is 4.99. The largest absolute Gasteiger partial charge is 0.512 e. The topological polar surface area (TPSA) is 20.2 Å². The average molecular weight is 151 g/mol. The van der Waals surface area contributed by atoms with Crippen molar-refractivity contribution in [2.75, 3.05) is 5.33 Å². The van der Waals surface area contributed by atoms with Gasteiger partial charge in [0.2, 0.25) is 0 Å². The Morgan fingerprint density at radius 3 is 2.50 bits per heavy atom. The number of aliphatic hydroxyl groups excluding tert-OH is 1. The van der Waals surface area contributed by atoms with Crippen molar-refractivity contribution in [2.24, 2.45) is 0 Å². The smallest absolute Gasteiger partial charge is 0.0985 e. The Hall–Kier alpha value is 0.0200. The van der Waals surface area contributed by atoms with Crippen LogP contribution < -0.4 is 0 Å². The van der Waals surface area contributed by atoms with Crippen LogP contribution in [0.1, 0.15) is 6.92 Å². The molecule has 0 saturated heterocycles. The third-order valence-electron chi connectivity index (χ3n) is 0.470. The maximum absolute atomic E-state index is 8.48. The molecule has 1 nitrogen and oxygen atoms in total. The summed E-state index contributed by atoms with van der Waals surface area (Å²) in [6, 6.07) is 0. The predicted octanol–water partition coefficient (Wildman–Crippen LogP) is 1.84. The Balaban J connectivity index is 3.22. The molecule has 6 heavy (non-hydrogen) atoms. The van der Waals surface area contributed by atoms with Crippen LogP contribution in [-0.2, 0) is 0 Å². The van der Waals surface area contributed by atoms with Crippen LogP contribution in [0.5, 0.6) is 0 Å². The second-order valence-corrected chi connectivity index (χ2v) is 1.47. The highest BCUT2D eigenvalue weighted by Gasteiger charge is 1.78. The van der Waals surface area contributed by atoms with E-state index in [0.29, 0.717) is 11.1 Å². The number of alkyl halides is 1. The SMILES string of the molecule is CC=C(O)CBr. The van der Waals surface area contributed by atoms with E-state index in [1.807, 2.05) is 0 Å². The molecule has 0 unspecified atom stereocenters. The number of hydrogen-bond acceptors (Lipinski definition) is 1.